The maximum absolute atomic E-state index is 13.3. The third kappa shape index (κ3) is 5.32. The molecule has 9 heteroatoms. The Kier molecular flexibility index (Phi) is 8.12. The molecule has 1 amide bonds. The quantitative estimate of drug-likeness (QED) is 0.310. The number of aliphatic hydroxyl groups is 1. The van der Waals surface area contributed by atoms with E-state index in [1.807, 2.05) is 0 Å². The summed E-state index contributed by atoms with van der Waals surface area (Å²) in [5.74, 6) is -0.985. The van der Waals surface area contributed by atoms with E-state index in [2.05, 4.69) is 4.90 Å². The van der Waals surface area contributed by atoms with Crippen molar-refractivity contribution in [1.82, 2.24) is 9.80 Å². The Morgan fingerprint density at radius 1 is 1.11 bits per heavy atom. The van der Waals surface area contributed by atoms with Gasteiger partial charge in [0.25, 0.3) is 11.7 Å². The number of methoxy groups -OCH3 is 1. The highest BCUT2D eigenvalue weighted by molar-refractivity contribution is 6.46. The van der Waals surface area contributed by atoms with Crippen LogP contribution in [0.15, 0.2) is 48.0 Å². The minimum Gasteiger partial charge on any atom is -0.507 e. The summed E-state index contributed by atoms with van der Waals surface area (Å²) in [6.07, 6.45) is 0.652. The van der Waals surface area contributed by atoms with Crippen molar-refractivity contribution in [2.24, 2.45) is 0 Å². The van der Waals surface area contributed by atoms with Crippen LogP contribution in [0, 0.1) is 0 Å². The molecule has 1 atom stereocenters. The molecule has 192 valence electrons. The maximum Gasteiger partial charge on any atom is 0.295 e. The molecule has 2 heterocycles. The second kappa shape index (κ2) is 11.5. The van der Waals surface area contributed by atoms with Crippen molar-refractivity contribution in [3.8, 4) is 17.2 Å². The molecule has 9 nitrogen and oxygen atoms in total. The molecule has 2 N–H and O–H groups in total. The summed E-state index contributed by atoms with van der Waals surface area (Å²) in [5.41, 5.74) is 0.925. The van der Waals surface area contributed by atoms with Gasteiger partial charge in [-0.25, -0.2) is 0 Å². The van der Waals surface area contributed by atoms with E-state index < -0.39 is 17.7 Å². The number of morpholine rings is 1. The van der Waals surface area contributed by atoms with Crippen LogP contribution in [-0.4, -0.2) is 84.8 Å². The van der Waals surface area contributed by atoms with Gasteiger partial charge in [0, 0.05) is 31.7 Å². The van der Waals surface area contributed by atoms with Crippen LogP contribution in [0.25, 0.3) is 5.76 Å². The van der Waals surface area contributed by atoms with Crippen molar-refractivity contribution in [2.45, 2.75) is 19.4 Å². The molecule has 0 saturated carbocycles. The SMILES string of the molecule is CCOc1cc(C2C(=C(O)c3cccc(OC)c3)C(=O)C(=O)N2CCCN2CCOCC2)ccc1O. The minimum atomic E-state index is -0.833. The lowest BCUT2D eigenvalue weighted by molar-refractivity contribution is -0.140. The number of likely N-dealkylation sites (tertiary alicyclic amines) is 1. The van der Waals surface area contributed by atoms with Crippen molar-refractivity contribution in [1.29, 1.82) is 0 Å². The first-order valence-corrected chi connectivity index (χ1v) is 12.1. The van der Waals surface area contributed by atoms with Crippen molar-refractivity contribution in [2.75, 3.05) is 53.1 Å². The van der Waals surface area contributed by atoms with Gasteiger partial charge in [-0.1, -0.05) is 18.2 Å². The first-order valence-electron chi connectivity index (χ1n) is 12.1. The number of ether oxygens (including phenoxy) is 3. The van der Waals surface area contributed by atoms with Gasteiger partial charge in [0.2, 0.25) is 0 Å². The van der Waals surface area contributed by atoms with Crippen LogP contribution in [0.3, 0.4) is 0 Å². The lowest BCUT2D eigenvalue weighted by atomic mass is 9.95. The number of hydrogen-bond acceptors (Lipinski definition) is 8. The number of phenols is 1. The van der Waals surface area contributed by atoms with Gasteiger partial charge in [-0.05, 0) is 43.2 Å². The third-order valence-corrected chi connectivity index (χ3v) is 6.46. The van der Waals surface area contributed by atoms with Crippen LogP contribution in [0.4, 0.5) is 0 Å². The predicted molar refractivity (Wildman–Crippen MR) is 133 cm³/mol. The number of rotatable bonds is 9. The van der Waals surface area contributed by atoms with E-state index in [-0.39, 0.29) is 22.8 Å². The van der Waals surface area contributed by atoms with Gasteiger partial charge in [-0.3, -0.25) is 14.5 Å². The molecule has 2 aromatic carbocycles. The summed E-state index contributed by atoms with van der Waals surface area (Å²) in [6, 6.07) is 10.6. The topological polar surface area (TPSA) is 109 Å². The van der Waals surface area contributed by atoms with Crippen LogP contribution in [0.5, 0.6) is 17.2 Å². The standard InChI is InChI=1S/C27H32N2O7/c1-3-36-22-17-18(8-9-21(22)30)24-23(25(31)19-6-4-7-20(16-19)34-2)26(32)27(33)29(24)11-5-10-28-12-14-35-15-13-28/h4,6-9,16-17,24,30-31H,3,5,10-15H2,1-2H3. The van der Waals surface area contributed by atoms with Gasteiger partial charge in [-0.2, -0.15) is 0 Å². The molecule has 2 saturated heterocycles. The fourth-order valence-electron chi connectivity index (χ4n) is 4.64. The fraction of sp³-hybridized carbons (Fsp3) is 0.407. The smallest absolute Gasteiger partial charge is 0.295 e. The van der Waals surface area contributed by atoms with E-state index >= 15 is 0 Å². The van der Waals surface area contributed by atoms with Crippen LogP contribution in [0.1, 0.15) is 30.5 Å². The molecule has 0 radical (unpaired) electrons. The fourth-order valence-corrected chi connectivity index (χ4v) is 4.64. The number of amides is 1. The Bertz CT molecular complexity index is 1140. The summed E-state index contributed by atoms with van der Waals surface area (Å²) in [4.78, 5) is 30.2. The second-order valence-electron chi connectivity index (χ2n) is 8.69. The third-order valence-electron chi connectivity index (χ3n) is 6.46. The van der Waals surface area contributed by atoms with Crippen LogP contribution in [-0.2, 0) is 14.3 Å². The van der Waals surface area contributed by atoms with E-state index in [4.69, 9.17) is 14.2 Å². The van der Waals surface area contributed by atoms with Crippen molar-refractivity contribution < 1.29 is 34.0 Å². The highest BCUT2D eigenvalue weighted by Gasteiger charge is 2.46. The molecule has 2 aliphatic rings. The van der Waals surface area contributed by atoms with Gasteiger partial charge >= 0.3 is 0 Å². The molecule has 0 aliphatic carbocycles. The number of Topliss-reactive ketones (excluding diaryl/α,β-unsaturated/α-hetero) is 1. The highest BCUT2D eigenvalue weighted by Crippen LogP contribution is 2.42. The Morgan fingerprint density at radius 2 is 1.89 bits per heavy atom. The summed E-state index contributed by atoms with van der Waals surface area (Å²) in [5, 5.41) is 21.5. The zero-order chi connectivity index (χ0) is 25.7. The average Bonchev–Trinajstić information content (AvgIpc) is 3.15. The lowest BCUT2D eigenvalue weighted by Gasteiger charge is -2.29. The van der Waals surface area contributed by atoms with Crippen molar-refractivity contribution in [3.05, 3.63) is 59.2 Å². The van der Waals surface area contributed by atoms with Gasteiger partial charge in [-0.15, -0.1) is 0 Å². The Hall–Kier alpha value is -3.56. The van der Waals surface area contributed by atoms with Crippen molar-refractivity contribution >= 4 is 17.4 Å². The molecular weight excluding hydrogens is 464 g/mol. The molecule has 1 unspecified atom stereocenters. The molecule has 0 bridgehead atoms. The van der Waals surface area contributed by atoms with Gasteiger partial charge < -0.3 is 29.3 Å². The Labute approximate surface area is 210 Å². The van der Waals surface area contributed by atoms with Crippen LogP contribution >= 0.6 is 0 Å². The average molecular weight is 497 g/mol. The largest absolute Gasteiger partial charge is 0.507 e. The summed E-state index contributed by atoms with van der Waals surface area (Å²) in [7, 11) is 1.51. The number of nitrogens with zero attached hydrogens (tertiary/aromatic N) is 2. The number of aliphatic hydroxyl groups excluding tert-OH is 1. The first kappa shape index (κ1) is 25.5. The molecule has 2 aliphatic heterocycles. The van der Waals surface area contributed by atoms with E-state index in [0.717, 1.165) is 19.6 Å². The normalized spacial score (nSPS) is 20.1. The lowest BCUT2D eigenvalue weighted by Crippen LogP contribution is -2.38. The number of carbonyl (C=O) groups is 2. The summed E-state index contributed by atoms with van der Waals surface area (Å²) < 4.78 is 16.2. The Morgan fingerprint density at radius 3 is 2.61 bits per heavy atom. The van der Waals surface area contributed by atoms with Crippen molar-refractivity contribution in [3.63, 3.8) is 0 Å². The van der Waals surface area contributed by atoms with E-state index in [0.29, 0.717) is 49.7 Å². The predicted octanol–water partition coefficient (Wildman–Crippen LogP) is 2.94. The number of aromatic hydroxyl groups is 1. The van der Waals surface area contributed by atoms with E-state index in [1.54, 1.807) is 43.3 Å². The number of ketones is 1. The Balaban J connectivity index is 1.72. The molecule has 0 spiro atoms. The summed E-state index contributed by atoms with van der Waals surface area (Å²) in [6.45, 7) is 6.23. The zero-order valence-corrected chi connectivity index (χ0v) is 20.6. The number of benzene rings is 2. The number of carbonyl (C=O) groups excluding carboxylic acids is 2. The number of phenolic OH excluding ortho intramolecular Hbond substituents is 1. The van der Waals surface area contributed by atoms with Crippen LogP contribution in [0.2, 0.25) is 0 Å². The van der Waals surface area contributed by atoms with Gasteiger partial charge in [0.05, 0.1) is 38.5 Å². The molecule has 4 rings (SSSR count). The van der Waals surface area contributed by atoms with E-state index in [9.17, 15) is 19.8 Å². The molecular formula is C27H32N2O7. The zero-order valence-electron chi connectivity index (χ0n) is 20.6. The molecule has 36 heavy (non-hydrogen) atoms. The van der Waals surface area contributed by atoms with Crippen LogP contribution < -0.4 is 9.47 Å². The first-order chi connectivity index (χ1) is 17.4. The second-order valence-corrected chi connectivity index (χ2v) is 8.69. The van der Waals surface area contributed by atoms with Gasteiger partial charge in [0.1, 0.15) is 11.5 Å². The number of hydrogen-bond donors (Lipinski definition) is 2. The molecule has 2 aromatic rings. The molecule has 2 fully saturated rings. The monoisotopic (exact) mass is 496 g/mol. The maximum atomic E-state index is 13.3. The minimum absolute atomic E-state index is 0.00670. The van der Waals surface area contributed by atoms with Gasteiger partial charge in [0.15, 0.2) is 11.5 Å². The van der Waals surface area contributed by atoms with E-state index in [1.165, 1.54) is 18.1 Å². The molecule has 0 aromatic heterocycles. The summed E-state index contributed by atoms with van der Waals surface area (Å²) >= 11 is 0. The highest BCUT2D eigenvalue weighted by atomic mass is 16.5.